The molecule has 98 valence electrons. The molecule has 0 saturated heterocycles. The van der Waals surface area contributed by atoms with Gasteiger partial charge in [0.2, 0.25) is 0 Å². The standard InChI is InChI=1S/C11H14N2O5/c1-5-4-8(6(2)17-5)10(15)18-7(3)9(14)13-11(12)16/h4,7H,1-3H3,(H3,12,13,14,16). The van der Waals surface area contributed by atoms with E-state index in [4.69, 9.17) is 14.9 Å². The smallest absolute Gasteiger partial charge is 0.342 e. The van der Waals surface area contributed by atoms with Gasteiger partial charge in [0.25, 0.3) is 5.91 Å². The number of carbonyl (C=O) groups is 3. The largest absolute Gasteiger partial charge is 0.466 e. The van der Waals surface area contributed by atoms with Crippen molar-refractivity contribution in [3.05, 3.63) is 23.2 Å². The van der Waals surface area contributed by atoms with Crippen LogP contribution in [0.4, 0.5) is 4.79 Å². The summed E-state index contributed by atoms with van der Waals surface area (Å²) in [5, 5.41) is 1.82. The van der Waals surface area contributed by atoms with E-state index >= 15 is 0 Å². The van der Waals surface area contributed by atoms with Gasteiger partial charge in [-0.05, 0) is 26.8 Å². The third-order valence-corrected chi connectivity index (χ3v) is 2.16. The maximum Gasteiger partial charge on any atom is 0.342 e. The number of esters is 1. The molecule has 1 aromatic rings. The molecule has 1 rings (SSSR count). The summed E-state index contributed by atoms with van der Waals surface area (Å²) >= 11 is 0. The van der Waals surface area contributed by atoms with Gasteiger partial charge < -0.3 is 14.9 Å². The van der Waals surface area contributed by atoms with E-state index in [9.17, 15) is 14.4 Å². The number of nitrogens with one attached hydrogen (secondary N) is 1. The van der Waals surface area contributed by atoms with Crippen LogP contribution in [-0.2, 0) is 9.53 Å². The van der Waals surface area contributed by atoms with Gasteiger partial charge in [0.15, 0.2) is 6.10 Å². The first-order valence-electron chi connectivity index (χ1n) is 5.19. The Morgan fingerprint density at radius 2 is 2.00 bits per heavy atom. The Bertz CT molecular complexity index is 492. The molecular weight excluding hydrogens is 240 g/mol. The summed E-state index contributed by atoms with van der Waals surface area (Å²) in [5.41, 5.74) is 5.02. The Morgan fingerprint density at radius 1 is 1.39 bits per heavy atom. The van der Waals surface area contributed by atoms with Gasteiger partial charge in [-0.1, -0.05) is 0 Å². The summed E-state index contributed by atoms with van der Waals surface area (Å²) < 4.78 is 10.0. The van der Waals surface area contributed by atoms with E-state index in [1.165, 1.54) is 13.0 Å². The van der Waals surface area contributed by atoms with Gasteiger partial charge in [0.1, 0.15) is 17.1 Å². The fourth-order valence-corrected chi connectivity index (χ4v) is 1.33. The average molecular weight is 254 g/mol. The van der Waals surface area contributed by atoms with Crippen LogP contribution in [0.2, 0.25) is 0 Å². The highest BCUT2D eigenvalue weighted by Crippen LogP contribution is 2.15. The van der Waals surface area contributed by atoms with Crippen LogP contribution in [0.25, 0.3) is 0 Å². The molecule has 3 N–H and O–H groups in total. The number of amides is 3. The third-order valence-electron chi connectivity index (χ3n) is 2.16. The number of imide groups is 1. The highest BCUT2D eigenvalue weighted by atomic mass is 16.5. The minimum absolute atomic E-state index is 0.242. The number of urea groups is 1. The van der Waals surface area contributed by atoms with E-state index in [0.29, 0.717) is 11.5 Å². The second kappa shape index (κ2) is 5.35. The van der Waals surface area contributed by atoms with Crippen LogP contribution in [0.1, 0.15) is 28.8 Å². The molecule has 7 heteroatoms. The summed E-state index contributed by atoms with van der Waals surface area (Å²) in [6.45, 7) is 4.63. The molecule has 1 heterocycles. The molecule has 7 nitrogen and oxygen atoms in total. The minimum Gasteiger partial charge on any atom is -0.466 e. The van der Waals surface area contributed by atoms with E-state index in [2.05, 4.69) is 0 Å². The average Bonchev–Trinajstić information content (AvgIpc) is 2.56. The van der Waals surface area contributed by atoms with Crippen molar-refractivity contribution in [1.82, 2.24) is 5.32 Å². The van der Waals surface area contributed by atoms with Gasteiger partial charge in [0.05, 0.1) is 0 Å². The first-order valence-corrected chi connectivity index (χ1v) is 5.19. The van der Waals surface area contributed by atoms with E-state index < -0.39 is 24.0 Å². The van der Waals surface area contributed by atoms with E-state index in [-0.39, 0.29) is 5.56 Å². The molecule has 0 aromatic carbocycles. The van der Waals surface area contributed by atoms with Crippen LogP contribution >= 0.6 is 0 Å². The highest BCUT2D eigenvalue weighted by Gasteiger charge is 2.22. The van der Waals surface area contributed by atoms with Crippen molar-refractivity contribution in [1.29, 1.82) is 0 Å². The lowest BCUT2D eigenvalue weighted by atomic mass is 10.2. The van der Waals surface area contributed by atoms with Crippen molar-refractivity contribution in [3.8, 4) is 0 Å². The molecule has 0 radical (unpaired) electrons. The van der Waals surface area contributed by atoms with E-state index in [1.807, 2.05) is 5.32 Å². The number of rotatable bonds is 3. The zero-order valence-corrected chi connectivity index (χ0v) is 10.3. The SMILES string of the molecule is Cc1cc(C(=O)OC(C)C(=O)NC(N)=O)c(C)o1. The van der Waals surface area contributed by atoms with Crippen LogP contribution in [0, 0.1) is 13.8 Å². The minimum atomic E-state index is -1.13. The molecule has 0 saturated carbocycles. The summed E-state index contributed by atoms with van der Waals surface area (Å²) in [4.78, 5) is 33.5. The van der Waals surface area contributed by atoms with Gasteiger partial charge >= 0.3 is 12.0 Å². The number of nitrogens with two attached hydrogens (primary N) is 1. The van der Waals surface area contributed by atoms with Crippen molar-refractivity contribution in [2.75, 3.05) is 0 Å². The second-order valence-corrected chi connectivity index (χ2v) is 3.73. The van der Waals surface area contributed by atoms with Crippen LogP contribution in [0.15, 0.2) is 10.5 Å². The molecule has 3 amide bonds. The van der Waals surface area contributed by atoms with Crippen LogP contribution in [0.3, 0.4) is 0 Å². The predicted molar refractivity (Wildman–Crippen MR) is 60.8 cm³/mol. The summed E-state index contributed by atoms with van der Waals surface area (Å²) in [5.74, 6) is -0.515. The number of hydrogen-bond acceptors (Lipinski definition) is 5. The molecule has 0 fully saturated rings. The number of carbonyl (C=O) groups excluding carboxylic acids is 3. The fourth-order valence-electron chi connectivity index (χ4n) is 1.33. The number of hydrogen-bond donors (Lipinski definition) is 2. The number of furan rings is 1. The van der Waals surface area contributed by atoms with Crippen LogP contribution in [0.5, 0.6) is 0 Å². The van der Waals surface area contributed by atoms with Crippen LogP contribution in [-0.4, -0.2) is 24.0 Å². The zero-order valence-electron chi connectivity index (χ0n) is 10.3. The monoisotopic (exact) mass is 254 g/mol. The van der Waals surface area contributed by atoms with Crippen molar-refractivity contribution in [2.45, 2.75) is 26.9 Å². The number of aryl methyl sites for hydroxylation is 2. The lowest BCUT2D eigenvalue weighted by Gasteiger charge is -2.11. The van der Waals surface area contributed by atoms with Crippen molar-refractivity contribution >= 4 is 17.9 Å². The molecule has 0 aliphatic rings. The van der Waals surface area contributed by atoms with Gasteiger partial charge in [-0.3, -0.25) is 10.1 Å². The van der Waals surface area contributed by atoms with Gasteiger partial charge in [-0.2, -0.15) is 0 Å². The molecule has 18 heavy (non-hydrogen) atoms. The van der Waals surface area contributed by atoms with Gasteiger partial charge in [-0.25, -0.2) is 9.59 Å². The Balaban J connectivity index is 2.68. The maximum atomic E-state index is 11.7. The Labute approximate surface area is 103 Å². The molecule has 1 unspecified atom stereocenters. The van der Waals surface area contributed by atoms with Crippen molar-refractivity contribution < 1.29 is 23.5 Å². The molecule has 0 spiro atoms. The lowest BCUT2D eigenvalue weighted by Crippen LogP contribution is -2.42. The zero-order chi connectivity index (χ0) is 13.9. The second-order valence-electron chi connectivity index (χ2n) is 3.73. The fraction of sp³-hybridized carbons (Fsp3) is 0.364. The Kier molecular flexibility index (Phi) is 4.09. The van der Waals surface area contributed by atoms with E-state index in [0.717, 1.165) is 0 Å². The van der Waals surface area contributed by atoms with Crippen molar-refractivity contribution in [3.63, 3.8) is 0 Å². The normalized spacial score (nSPS) is 11.7. The molecule has 1 aromatic heterocycles. The quantitative estimate of drug-likeness (QED) is 0.768. The van der Waals surface area contributed by atoms with E-state index in [1.54, 1.807) is 13.8 Å². The number of primary amides is 1. The highest BCUT2D eigenvalue weighted by molar-refractivity contribution is 5.98. The first-order chi connectivity index (χ1) is 8.31. The predicted octanol–water partition coefficient (Wildman–Crippen LogP) is 0.637. The molecular formula is C11H14N2O5. The molecule has 0 aliphatic heterocycles. The summed E-state index contributed by atoms with van der Waals surface area (Å²) in [6.07, 6.45) is -1.13. The lowest BCUT2D eigenvalue weighted by molar-refractivity contribution is -0.127. The molecule has 1 atom stereocenters. The van der Waals surface area contributed by atoms with Gasteiger partial charge in [0, 0.05) is 0 Å². The molecule has 0 bridgehead atoms. The molecule has 0 aliphatic carbocycles. The summed E-state index contributed by atoms with van der Waals surface area (Å²) in [7, 11) is 0. The number of ether oxygens (including phenoxy) is 1. The third kappa shape index (κ3) is 3.34. The van der Waals surface area contributed by atoms with Crippen molar-refractivity contribution in [2.24, 2.45) is 5.73 Å². The summed E-state index contributed by atoms with van der Waals surface area (Å²) in [6, 6.07) is 0.509. The Hall–Kier alpha value is -2.31. The Morgan fingerprint density at radius 3 is 2.44 bits per heavy atom. The first kappa shape index (κ1) is 13.8. The maximum absolute atomic E-state index is 11.7. The van der Waals surface area contributed by atoms with Gasteiger partial charge in [-0.15, -0.1) is 0 Å². The van der Waals surface area contributed by atoms with Crippen LogP contribution < -0.4 is 11.1 Å². The topological polar surface area (TPSA) is 112 Å².